The highest BCUT2D eigenvalue weighted by atomic mass is 16.4. The zero-order chi connectivity index (χ0) is 9.61. The summed E-state index contributed by atoms with van der Waals surface area (Å²) >= 11 is 0. The molecule has 72 valence electrons. The van der Waals surface area contributed by atoms with E-state index in [0.29, 0.717) is 0 Å². The molecular weight excluding hydrogens is 154 g/mol. The summed E-state index contributed by atoms with van der Waals surface area (Å²) in [6.07, 6.45) is 3.71. The molecule has 0 aromatic rings. The normalized spacial score (nSPS) is 15.6. The Bertz CT molecular complexity index is 147. The summed E-state index contributed by atoms with van der Waals surface area (Å²) in [5.74, 6) is -0.796. The van der Waals surface area contributed by atoms with Crippen molar-refractivity contribution < 1.29 is 9.90 Å². The first-order chi connectivity index (χ1) is 5.54. The van der Waals surface area contributed by atoms with Crippen LogP contribution in [0.4, 0.5) is 0 Å². The molecule has 0 aliphatic heterocycles. The van der Waals surface area contributed by atoms with E-state index in [1.54, 1.807) is 0 Å². The second-order valence-electron chi connectivity index (χ2n) is 3.39. The second kappa shape index (κ2) is 5.14. The van der Waals surface area contributed by atoms with Gasteiger partial charge in [-0.1, -0.05) is 26.7 Å². The Balaban J connectivity index is 3.95. The van der Waals surface area contributed by atoms with Gasteiger partial charge in [-0.2, -0.15) is 0 Å². The van der Waals surface area contributed by atoms with Gasteiger partial charge in [0.2, 0.25) is 0 Å². The third-order valence-corrected chi connectivity index (χ3v) is 2.24. The van der Waals surface area contributed by atoms with Gasteiger partial charge < -0.3 is 10.8 Å². The van der Waals surface area contributed by atoms with Crippen molar-refractivity contribution in [3.63, 3.8) is 0 Å². The van der Waals surface area contributed by atoms with E-state index in [1.807, 2.05) is 6.92 Å². The van der Waals surface area contributed by atoms with Crippen molar-refractivity contribution in [3.8, 4) is 0 Å². The van der Waals surface area contributed by atoms with Crippen molar-refractivity contribution in [3.05, 3.63) is 0 Å². The van der Waals surface area contributed by atoms with Gasteiger partial charge in [0.1, 0.15) is 0 Å². The predicted molar refractivity (Wildman–Crippen MR) is 49.0 cm³/mol. The standard InChI is InChI=1S/C9H19NO2/c1-3-5-6-9(10,4-2)7-8(11)12/h3-7,10H2,1-2H3,(H,11,12). The highest BCUT2D eigenvalue weighted by Gasteiger charge is 2.24. The van der Waals surface area contributed by atoms with Crippen molar-refractivity contribution in [2.45, 2.75) is 51.5 Å². The van der Waals surface area contributed by atoms with Crippen LogP contribution in [0.15, 0.2) is 0 Å². The van der Waals surface area contributed by atoms with Gasteiger partial charge >= 0.3 is 5.97 Å². The number of rotatable bonds is 6. The largest absolute Gasteiger partial charge is 0.481 e. The van der Waals surface area contributed by atoms with Crippen LogP contribution in [0.3, 0.4) is 0 Å². The number of hydrogen-bond donors (Lipinski definition) is 2. The van der Waals surface area contributed by atoms with Crippen LogP contribution in [0.1, 0.15) is 46.0 Å². The molecule has 0 aliphatic rings. The Labute approximate surface area is 74.0 Å². The second-order valence-corrected chi connectivity index (χ2v) is 3.39. The molecule has 0 fully saturated rings. The lowest BCUT2D eigenvalue weighted by Crippen LogP contribution is -2.41. The number of carboxylic acids is 1. The molecule has 3 heteroatoms. The molecule has 1 atom stereocenters. The first kappa shape index (κ1) is 11.4. The van der Waals surface area contributed by atoms with Crippen molar-refractivity contribution in [2.24, 2.45) is 5.73 Å². The summed E-state index contributed by atoms with van der Waals surface area (Å²) < 4.78 is 0. The topological polar surface area (TPSA) is 63.3 Å². The van der Waals surface area contributed by atoms with Crippen molar-refractivity contribution in [1.29, 1.82) is 0 Å². The zero-order valence-electron chi connectivity index (χ0n) is 7.97. The Hall–Kier alpha value is -0.570. The van der Waals surface area contributed by atoms with E-state index in [4.69, 9.17) is 10.8 Å². The van der Waals surface area contributed by atoms with Crippen molar-refractivity contribution >= 4 is 5.97 Å². The summed E-state index contributed by atoms with van der Waals surface area (Å²) in [5.41, 5.74) is 5.42. The molecule has 3 N–H and O–H groups in total. The molecule has 0 rings (SSSR count). The molecule has 0 spiro atoms. The SMILES string of the molecule is CCCCC(N)(CC)CC(=O)O. The van der Waals surface area contributed by atoms with Crippen LogP contribution in [0.2, 0.25) is 0 Å². The Morgan fingerprint density at radius 3 is 2.42 bits per heavy atom. The minimum atomic E-state index is -0.796. The van der Waals surface area contributed by atoms with Crippen LogP contribution < -0.4 is 5.73 Å². The Morgan fingerprint density at radius 1 is 1.50 bits per heavy atom. The molecule has 0 aliphatic carbocycles. The lowest BCUT2D eigenvalue weighted by Gasteiger charge is -2.25. The summed E-state index contributed by atoms with van der Waals surface area (Å²) in [7, 11) is 0. The highest BCUT2D eigenvalue weighted by Crippen LogP contribution is 2.19. The van der Waals surface area contributed by atoms with Crippen molar-refractivity contribution in [1.82, 2.24) is 0 Å². The zero-order valence-corrected chi connectivity index (χ0v) is 7.97. The number of nitrogens with two attached hydrogens (primary N) is 1. The van der Waals surface area contributed by atoms with Crippen LogP contribution in [0.25, 0.3) is 0 Å². The lowest BCUT2D eigenvalue weighted by atomic mass is 9.88. The molecule has 3 nitrogen and oxygen atoms in total. The maximum Gasteiger partial charge on any atom is 0.305 e. The monoisotopic (exact) mass is 173 g/mol. The first-order valence-electron chi connectivity index (χ1n) is 4.54. The fraction of sp³-hybridized carbons (Fsp3) is 0.889. The number of hydrogen-bond acceptors (Lipinski definition) is 2. The molecule has 0 heterocycles. The highest BCUT2D eigenvalue weighted by molar-refractivity contribution is 5.68. The minimum Gasteiger partial charge on any atom is -0.481 e. The van der Waals surface area contributed by atoms with E-state index in [0.717, 1.165) is 25.7 Å². The number of carbonyl (C=O) groups is 1. The van der Waals surface area contributed by atoms with E-state index in [2.05, 4.69) is 6.92 Å². The van der Waals surface area contributed by atoms with E-state index in [1.165, 1.54) is 0 Å². The van der Waals surface area contributed by atoms with Crippen LogP contribution in [0.5, 0.6) is 0 Å². The fourth-order valence-electron chi connectivity index (χ4n) is 1.22. The number of carboxylic acid groups (broad SMARTS) is 1. The predicted octanol–water partition coefficient (Wildman–Crippen LogP) is 1.76. The maximum absolute atomic E-state index is 10.5. The van der Waals surface area contributed by atoms with Crippen molar-refractivity contribution in [2.75, 3.05) is 0 Å². The maximum atomic E-state index is 10.5. The smallest absolute Gasteiger partial charge is 0.305 e. The molecule has 1 unspecified atom stereocenters. The van der Waals surface area contributed by atoms with Crippen LogP contribution >= 0.6 is 0 Å². The Kier molecular flexibility index (Phi) is 4.90. The van der Waals surface area contributed by atoms with Gasteiger partial charge in [0.05, 0.1) is 6.42 Å². The van der Waals surface area contributed by atoms with E-state index in [-0.39, 0.29) is 6.42 Å². The molecule has 0 saturated carbocycles. The van der Waals surface area contributed by atoms with Gasteiger partial charge in [-0.15, -0.1) is 0 Å². The molecule has 0 aromatic heterocycles. The van der Waals surface area contributed by atoms with Gasteiger partial charge in [-0.3, -0.25) is 4.79 Å². The molecular formula is C9H19NO2. The average Bonchev–Trinajstić information content (AvgIpc) is 2.00. The summed E-state index contributed by atoms with van der Waals surface area (Å²) in [6.45, 7) is 4.02. The molecule has 0 aromatic carbocycles. The van der Waals surface area contributed by atoms with E-state index >= 15 is 0 Å². The van der Waals surface area contributed by atoms with Crippen LogP contribution in [-0.4, -0.2) is 16.6 Å². The summed E-state index contributed by atoms with van der Waals surface area (Å²) in [6, 6.07) is 0. The van der Waals surface area contributed by atoms with E-state index < -0.39 is 11.5 Å². The van der Waals surface area contributed by atoms with Gasteiger partial charge in [-0.25, -0.2) is 0 Å². The fourth-order valence-corrected chi connectivity index (χ4v) is 1.22. The first-order valence-corrected chi connectivity index (χ1v) is 4.54. The van der Waals surface area contributed by atoms with Crippen LogP contribution in [-0.2, 0) is 4.79 Å². The molecule has 12 heavy (non-hydrogen) atoms. The lowest BCUT2D eigenvalue weighted by molar-refractivity contribution is -0.138. The Morgan fingerprint density at radius 2 is 2.08 bits per heavy atom. The minimum absolute atomic E-state index is 0.0868. The van der Waals surface area contributed by atoms with Gasteiger partial charge in [-0.05, 0) is 12.8 Å². The quantitative estimate of drug-likeness (QED) is 0.643. The average molecular weight is 173 g/mol. The number of unbranched alkanes of at least 4 members (excludes halogenated alkanes) is 1. The van der Waals surface area contributed by atoms with Gasteiger partial charge in [0.15, 0.2) is 0 Å². The molecule has 0 saturated heterocycles. The molecule has 0 bridgehead atoms. The third-order valence-electron chi connectivity index (χ3n) is 2.24. The number of aliphatic carboxylic acids is 1. The van der Waals surface area contributed by atoms with Gasteiger partial charge in [0, 0.05) is 5.54 Å². The van der Waals surface area contributed by atoms with Crippen LogP contribution in [0, 0.1) is 0 Å². The molecule has 0 radical (unpaired) electrons. The third kappa shape index (κ3) is 4.34. The molecule has 0 amide bonds. The summed E-state index contributed by atoms with van der Waals surface area (Å²) in [4.78, 5) is 10.5. The summed E-state index contributed by atoms with van der Waals surface area (Å²) in [5, 5.41) is 8.60. The van der Waals surface area contributed by atoms with E-state index in [9.17, 15) is 4.79 Å². The van der Waals surface area contributed by atoms with Gasteiger partial charge in [0.25, 0.3) is 0 Å².